The van der Waals surface area contributed by atoms with Crippen LogP contribution < -0.4 is 16.4 Å². The first-order chi connectivity index (χ1) is 18.8. The molecule has 39 heavy (non-hydrogen) atoms. The normalized spacial score (nSPS) is 15.9. The van der Waals surface area contributed by atoms with Crippen LogP contribution in [0.2, 0.25) is 0 Å². The number of nitrogens with one attached hydrogen (secondary N) is 2. The summed E-state index contributed by atoms with van der Waals surface area (Å²) in [4.78, 5) is 41.0. The van der Waals surface area contributed by atoms with E-state index < -0.39 is 12.1 Å². The largest absolute Gasteiger partial charge is 0.469 e. The zero-order valence-corrected chi connectivity index (χ0v) is 23.8. The van der Waals surface area contributed by atoms with Crippen LogP contribution in [-0.4, -0.2) is 54.3 Å². The number of nitrogens with zero attached hydrogens (tertiary/aromatic N) is 1. The van der Waals surface area contributed by atoms with Crippen LogP contribution in [0.4, 0.5) is 0 Å². The minimum absolute atomic E-state index is 0.00430. The Morgan fingerprint density at radius 1 is 1.05 bits per heavy atom. The lowest BCUT2D eigenvalue weighted by Crippen LogP contribution is -2.50. The Morgan fingerprint density at radius 3 is 2.38 bits per heavy atom. The smallest absolute Gasteiger partial charge is 0.253 e. The van der Waals surface area contributed by atoms with Gasteiger partial charge in [0.05, 0.1) is 12.3 Å². The molecule has 0 radical (unpaired) electrons. The minimum Gasteiger partial charge on any atom is -0.469 e. The highest BCUT2D eigenvalue weighted by Crippen LogP contribution is 2.24. The highest BCUT2D eigenvalue weighted by molar-refractivity contribution is 5.99. The molecule has 1 saturated carbocycles. The predicted octanol–water partition coefficient (Wildman–Crippen LogP) is 4.54. The van der Waals surface area contributed by atoms with E-state index in [1.165, 1.54) is 25.7 Å². The molecule has 0 unspecified atom stereocenters. The van der Waals surface area contributed by atoms with Crippen molar-refractivity contribution in [2.75, 3.05) is 19.6 Å². The molecule has 3 amide bonds. The van der Waals surface area contributed by atoms with Gasteiger partial charge in [0.2, 0.25) is 5.91 Å². The maximum Gasteiger partial charge on any atom is 0.253 e. The van der Waals surface area contributed by atoms with Gasteiger partial charge in [-0.25, -0.2) is 0 Å². The van der Waals surface area contributed by atoms with E-state index in [0.717, 1.165) is 12.8 Å². The number of carbonyl (C=O) groups is 3. The topological polar surface area (TPSA) is 118 Å². The number of amides is 3. The molecular formula is C31H46N4O4. The monoisotopic (exact) mass is 538 g/mol. The molecule has 1 aliphatic rings. The summed E-state index contributed by atoms with van der Waals surface area (Å²) in [7, 11) is 0. The van der Waals surface area contributed by atoms with Crippen molar-refractivity contribution < 1.29 is 18.8 Å². The summed E-state index contributed by atoms with van der Waals surface area (Å²) in [5.41, 5.74) is 7.49. The second-order valence-electron chi connectivity index (χ2n) is 10.9. The van der Waals surface area contributed by atoms with E-state index >= 15 is 0 Å². The summed E-state index contributed by atoms with van der Waals surface area (Å²) in [6, 6.07) is 9.54. The maximum atomic E-state index is 13.4. The predicted molar refractivity (Wildman–Crippen MR) is 153 cm³/mol. The second-order valence-corrected chi connectivity index (χ2v) is 10.9. The van der Waals surface area contributed by atoms with E-state index in [0.29, 0.717) is 55.3 Å². The molecule has 3 rings (SSSR count). The molecule has 8 nitrogen and oxygen atoms in total. The molecule has 1 aliphatic carbocycles. The quantitative estimate of drug-likeness (QED) is 0.308. The maximum absolute atomic E-state index is 13.4. The van der Waals surface area contributed by atoms with Crippen molar-refractivity contribution in [2.24, 2.45) is 17.6 Å². The first-order valence-corrected chi connectivity index (χ1v) is 14.6. The van der Waals surface area contributed by atoms with Gasteiger partial charge in [0, 0.05) is 49.1 Å². The molecule has 2 aromatic rings. The average Bonchev–Trinajstić information content (AvgIpc) is 3.65. The Balaban J connectivity index is 1.67. The van der Waals surface area contributed by atoms with Crippen molar-refractivity contribution in [3.63, 3.8) is 0 Å². The van der Waals surface area contributed by atoms with Crippen LogP contribution in [0, 0.1) is 11.8 Å². The molecule has 3 atom stereocenters. The van der Waals surface area contributed by atoms with Gasteiger partial charge in [0.25, 0.3) is 11.8 Å². The van der Waals surface area contributed by atoms with Crippen molar-refractivity contribution in [1.82, 2.24) is 15.5 Å². The summed E-state index contributed by atoms with van der Waals surface area (Å²) in [5, 5.41) is 6.15. The number of benzene rings is 1. The van der Waals surface area contributed by atoms with E-state index in [1.54, 1.807) is 36.6 Å². The molecule has 0 aliphatic heterocycles. The third-order valence-corrected chi connectivity index (χ3v) is 7.59. The van der Waals surface area contributed by atoms with Gasteiger partial charge in [-0.3, -0.25) is 14.4 Å². The number of carbonyl (C=O) groups excluding carboxylic acids is 3. The molecular weight excluding hydrogens is 492 g/mol. The van der Waals surface area contributed by atoms with E-state index in [9.17, 15) is 14.4 Å². The van der Waals surface area contributed by atoms with Crippen molar-refractivity contribution in [3.05, 3.63) is 59.5 Å². The SMILES string of the molecule is CCCN(CCC)C(=O)c1cccc(C(=O)N[C@@H](Cc2ccco2)[C@@H](N)C[C@@H](C)C(=O)NCC2CCCC2)c1. The zero-order chi connectivity index (χ0) is 28.2. The highest BCUT2D eigenvalue weighted by Gasteiger charge is 2.27. The lowest BCUT2D eigenvalue weighted by atomic mass is 9.93. The lowest BCUT2D eigenvalue weighted by molar-refractivity contribution is -0.125. The highest BCUT2D eigenvalue weighted by atomic mass is 16.3. The molecule has 214 valence electrons. The number of furan rings is 1. The van der Waals surface area contributed by atoms with Crippen LogP contribution >= 0.6 is 0 Å². The number of nitrogens with two attached hydrogens (primary N) is 1. The van der Waals surface area contributed by atoms with Crippen molar-refractivity contribution in [3.8, 4) is 0 Å². The first kappa shape index (κ1) is 30.4. The van der Waals surface area contributed by atoms with Crippen molar-refractivity contribution in [2.45, 2.75) is 84.2 Å². The van der Waals surface area contributed by atoms with Gasteiger partial charge in [-0.15, -0.1) is 0 Å². The molecule has 0 saturated heterocycles. The van der Waals surface area contributed by atoms with Crippen LogP contribution in [0.1, 0.15) is 92.2 Å². The molecule has 1 fully saturated rings. The Morgan fingerprint density at radius 2 is 1.74 bits per heavy atom. The van der Waals surface area contributed by atoms with Gasteiger partial charge in [0.1, 0.15) is 5.76 Å². The molecule has 4 N–H and O–H groups in total. The van der Waals surface area contributed by atoms with Gasteiger partial charge >= 0.3 is 0 Å². The van der Waals surface area contributed by atoms with Gasteiger partial charge in [0.15, 0.2) is 0 Å². The lowest BCUT2D eigenvalue weighted by Gasteiger charge is -2.27. The standard InChI is InChI=1S/C31H46N4O4/c1-4-15-35(16-5-2)31(38)25-13-8-12-24(19-25)30(37)34-28(20-26-14-9-17-39-26)27(32)18-22(3)29(36)33-21-23-10-6-7-11-23/h8-9,12-14,17,19,22-23,27-28H,4-7,10-11,15-16,18,20-21,32H2,1-3H3,(H,33,36)(H,34,37)/t22-,27+,28+/m1/s1. The summed E-state index contributed by atoms with van der Waals surface area (Å²) in [6.45, 7) is 8.03. The Kier molecular flexibility index (Phi) is 12.1. The average molecular weight is 539 g/mol. The third-order valence-electron chi connectivity index (χ3n) is 7.59. The fourth-order valence-electron chi connectivity index (χ4n) is 5.35. The van der Waals surface area contributed by atoms with Crippen LogP contribution in [0.15, 0.2) is 47.1 Å². The van der Waals surface area contributed by atoms with Gasteiger partial charge in [-0.2, -0.15) is 0 Å². The molecule has 0 spiro atoms. The summed E-state index contributed by atoms with van der Waals surface area (Å²) in [6.07, 6.45) is 8.97. The Labute approximate surface area is 233 Å². The van der Waals surface area contributed by atoms with Gasteiger partial charge < -0.3 is 25.7 Å². The third kappa shape index (κ3) is 9.24. The molecule has 8 heteroatoms. The van der Waals surface area contributed by atoms with E-state index in [4.69, 9.17) is 10.2 Å². The summed E-state index contributed by atoms with van der Waals surface area (Å²) in [5.74, 6) is 0.589. The Bertz CT molecular complexity index is 1040. The number of rotatable bonds is 15. The fraction of sp³-hybridized carbons (Fsp3) is 0.581. The van der Waals surface area contributed by atoms with Gasteiger partial charge in [-0.1, -0.05) is 39.7 Å². The summed E-state index contributed by atoms with van der Waals surface area (Å²) >= 11 is 0. The van der Waals surface area contributed by atoms with Crippen molar-refractivity contribution in [1.29, 1.82) is 0 Å². The molecule has 1 heterocycles. The van der Waals surface area contributed by atoms with E-state index in [1.807, 2.05) is 31.7 Å². The van der Waals surface area contributed by atoms with E-state index in [2.05, 4.69) is 10.6 Å². The fourth-order valence-corrected chi connectivity index (χ4v) is 5.35. The van der Waals surface area contributed by atoms with E-state index in [-0.39, 0.29) is 23.6 Å². The minimum atomic E-state index is -0.472. The first-order valence-electron chi connectivity index (χ1n) is 14.6. The van der Waals surface area contributed by atoms with Gasteiger partial charge in [-0.05, 0) is 68.4 Å². The molecule has 1 aromatic heterocycles. The number of hydrogen-bond donors (Lipinski definition) is 3. The van der Waals surface area contributed by atoms with Crippen LogP contribution in [-0.2, 0) is 11.2 Å². The molecule has 0 bridgehead atoms. The zero-order valence-electron chi connectivity index (χ0n) is 23.8. The van der Waals surface area contributed by atoms with Crippen LogP contribution in [0.25, 0.3) is 0 Å². The van der Waals surface area contributed by atoms with Crippen molar-refractivity contribution >= 4 is 17.7 Å². The van der Waals surface area contributed by atoms with Crippen LogP contribution in [0.5, 0.6) is 0 Å². The summed E-state index contributed by atoms with van der Waals surface area (Å²) < 4.78 is 5.54. The Hall–Kier alpha value is -3.13. The second kappa shape index (κ2) is 15.5. The van der Waals surface area contributed by atoms with Crippen LogP contribution in [0.3, 0.4) is 0 Å². The number of hydrogen-bond acceptors (Lipinski definition) is 5. The molecule has 1 aromatic carbocycles.